The molecule has 2 aromatic rings. The van der Waals surface area contributed by atoms with E-state index in [-0.39, 0.29) is 12.1 Å². The van der Waals surface area contributed by atoms with E-state index in [2.05, 4.69) is 47.5 Å². The number of rotatable bonds is 4. The molecule has 4 heteroatoms. The Balaban J connectivity index is 1.60. The molecule has 0 amide bonds. The Kier molecular flexibility index (Phi) is 6.07. The second-order valence-electron chi connectivity index (χ2n) is 8.40. The van der Waals surface area contributed by atoms with Crippen molar-refractivity contribution in [1.29, 1.82) is 0 Å². The first-order valence-corrected chi connectivity index (χ1v) is 11.0. The van der Waals surface area contributed by atoms with E-state index in [1.165, 1.54) is 12.0 Å². The molecular weight excluding hydrogens is 368 g/mol. The van der Waals surface area contributed by atoms with Crippen LogP contribution in [-0.4, -0.2) is 41.3 Å². The summed E-state index contributed by atoms with van der Waals surface area (Å²) in [7, 11) is 0. The molecule has 0 radical (unpaired) electrons. The lowest BCUT2D eigenvalue weighted by Gasteiger charge is -2.48. The number of hydrogen-bond acceptors (Lipinski definition) is 3. The van der Waals surface area contributed by atoms with Gasteiger partial charge in [-0.05, 0) is 37.0 Å². The van der Waals surface area contributed by atoms with Gasteiger partial charge in [-0.3, -0.25) is 4.90 Å². The molecule has 2 aliphatic rings. The van der Waals surface area contributed by atoms with Crippen LogP contribution in [0.25, 0.3) is 11.1 Å². The number of aliphatic hydroxyl groups is 1. The van der Waals surface area contributed by atoms with Crippen LogP contribution in [0.3, 0.4) is 0 Å². The van der Waals surface area contributed by atoms with Crippen LogP contribution in [0, 0.1) is 0 Å². The van der Waals surface area contributed by atoms with E-state index in [0.717, 1.165) is 61.5 Å². The van der Waals surface area contributed by atoms with Crippen LogP contribution in [0.1, 0.15) is 50.6 Å². The van der Waals surface area contributed by atoms with Gasteiger partial charge >= 0.3 is 0 Å². The van der Waals surface area contributed by atoms with E-state index < -0.39 is 5.60 Å². The zero-order chi connectivity index (χ0) is 19.6. The molecule has 2 N–H and O–H groups in total. The van der Waals surface area contributed by atoms with Crippen molar-refractivity contribution in [1.82, 2.24) is 10.2 Å². The maximum Gasteiger partial charge on any atom is 0.0799 e. The Bertz CT molecular complexity index is 788. The number of benzene rings is 2. The zero-order valence-corrected chi connectivity index (χ0v) is 17.5. The predicted molar refractivity (Wildman–Crippen MR) is 117 cm³/mol. The summed E-state index contributed by atoms with van der Waals surface area (Å²) in [4.78, 5) is 2.50. The van der Waals surface area contributed by atoms with Crippen LogP contribution in [0.2, 0.25) is 5.02 Å². The van der Waals surface area contributed by atoms with Crippen molar-refractivity contribution < 1.29 is 5.11 Å². The standard InChI is InChI=1S/C24H31ClN2O/c1-18(24(28)12-6-3-7-13-24)27-15-14-26-17-23(27)20-10-11-21(22(25)16-20)19-8-4-2-5-9-19/h2,4-5,8-11,16,18,23,26,28H,3,6-7,12-15,17H2,1H3. The Labute approximate surface area is 173 Å². The van der Waals surface area contributed by atoms with Gasteiger partial charge in [0.25, 0.3) is 0 Å². The Morgan fingerprint density at radius 3 is 2.57 bits per heavy atom. The highest BCUT2D eigenvalue weighted by molar-refractivity contribution is 6.33. The highest BCUT2D eigenvalue weighted by Crippen LogP contribution is 2.38. The summed E-state index contributed by atoms with van der Waals surface area (Å²) in [6.07, 6.45) is 5.35. The van der Waals surface area contributed by atoms with Crippen LogP contribution in [0.5, 0.6) is 0 Å². The van der Waals surface area contributed by atoms with Crippen molar-refractivity contribution in [2.24, 2.45) is 0 Å². The molecule has 2 unspecified atom stereocenters. The number of nitrogens with zero attached hydrogens (tertiary/aromatic N) is 1. The van der Waals surface area contributed by atoms with Gasteiger partial charge in [-0.25, -0.2) is 0 Å². The lowest BCUT2D eigenvalue weighted by atomic mass is 9.78. The molecule has 1 saturated carbocycles. The van der Waals surface area contributed by atoms with Crippen molar-refractivity contribution in [3.05, 3.63) is 59.1 Å². The molecule has 0 aromatic heterocycles. The van der Waals surface area contributed by atoms with Gasteiger partial charge in [0.05, 0.1) is 5.60 Å². The fourth-order valence-corrected chi connectivity index (χ4v) is 5.27. The lowest BCUT2D eigenvalue weighted by molar-refractivity contribution is -0.0818. The molecule has 0 spiro atoms. The van der Waals surface area contributed by atoms with Crippen molar-refractivity contribution in [3.8, 4) is 11.1 Å². The molecule has 1 heterocycles. The average molecular weight is 399 g/mol. The Morgan fingerprint density at radius 1 is 1.11 bits per heavy atom. The molecule has 2 aromatic carbocycles. The maximum atomic E-state index is 11.3. The number of hydrogen-bond donors (Lipinski definition) is 2. The van der Waals surface area contributed by atoms with E-state index in [4.69, 9.17) is 11.6 Å². The third kappa shape index (κ3) is 3.99. The van der Waals surface area contributed by atoms with Gasteiger partial charge < -0.3 is 10.4 Å². The first kappa shape index (κ1) is 19.9. The molecule has 3 nitrogen and oxygen atoms in total. The van der Waals surface area contributed by atoms with E-state index in [1.807, 2.05) is 18.2 Å². The quantitative estimate of drug-likeness (QED) is 0.757. The summed E-state index contributed by atoms with van der Waals surface area (Å²) >= 11 is 6.70. The van der Waals surface area contributed by atoms with Gasteiger partial charge in [-0.1, -0.05) is 73.3 Å². The largest absolute Gasteiger partial charge is 0.388 e. The molecule has 28 heavy (non-hydrogen) atoms. The Hall–Kier alpha value is -1.39. The van der Waals surface area contributed by atoms with Crippen LogP contribution in [0.15, 0.2) is 48.5 Å². The molecule has 1 saturated heterocycles. The molecule has 2 atom stereocenters. The molecule has 0 bridgehead atoms. The van der Waals surface area contributed by atoms with Gasteiger partial charge in [0.2, 0.25) is 0 Å². The lowest BCUT2D eigenvalue weighted by Crippen LogP contribution is -2.58. The van der Waals surface area contributed by atoms with Gasteiger partial charge in [0, 0.05) is 42.3 Å². The van der Waals surface area contributed by atoms with Crippen LogP contribution in [-0.2, 0) is 0 Å². The first-order chi connectivity index (χ1) is 13.6. The second-order valence-corrected chi connectivity index (χ2v) is 8.81. The van der Waals surface area contributed by atoms with Gasteiger partial charge in [0.15, 0.2) is 0 Å². The second kappa shape index (κ2) is 8.54. The average Bonchev–Trinajstić information content (AvgIpc) is 2.74. The van der Waals surface area contributed by atoms with E-state index in [9.17, 15) is 5.11 Å². The zero-order valence-electron chi connectivity index (χ0n) is 16.7. The van der Waals surface area contributed by atoms with Crippen LogP contribution >= 0.6 is 11.6 Å². The molecule has 150 valence electrons. The minimum atomic E-state index is -0.568. The van der Waals surface area contributed by atoms with Crippen LogP contribution < -0.4 is 5.32 Å². The highest BCUT2D eigenvalue weighted by Gasteiger charge is 2.41. The minimum absolute atomic E-state index is 0.146. The summed E-state index contributed by atoms with van der Waals surface area (Å²) in [5, 5.41) is 15.6. The van der Waals surface area contributed by atoms with Gasteiger partial charge in [-0.15, -0.1) is 0 Å². The third-order valence-corrected chi connectivity index (χ3v) is 7.05. The number of nitrogens with one attached hydrogen (secondary N) is 1. The number of halogens is 1. The Morgan fingerprint density at radius 2 is 1.86 bits per heavy atom. The summed E-state index contributed by atoms with van der Waals surface area (Å²) in [6.45, 7) is 5.02. The van der Waals surface area contributed by atoms with E-state index in [1.54, 1.807) is 0 Å². The SMILES string of the molecule is CC(N1CCNCC1c1ccc(-c2ccccc2)c(Cl)c1)C1(O)CCCCC1. The topological polar surface area (TPSA) is 35.5 Å². The normalized spacial score (nSPS) is 24.0. The molecule has 1 aliphatic carbocycles. The minimum Gasteiger partial charge on any atom is -0.388 e. The van der Waals surface area contributed by atoms with Crippen molar-refractivity contribution in [3.63, 3.8) is 0 Å². The van der Waals surface area contributed by atoms with Crippen LogP contribution in [0.4, 0.5) is 0 Å². The highest BCUT2D eigenvalue weighted by atomic mass is 35.5. The molecular formula is C24H31ClN2O. The summed E-state index contributed by atoms with van der Waals surface area (Å²) in [5.41, 5.74) is 2.87. The van der Waals surface area contributed by atoms with Crippen molar-refractivity contribution >= 4 is 11.6 Å². The van der Waals surface area contributed by atoms with Gasteiger partial charge in [0.1, 0.15) is 0 Å². The smallest absolute Gasteiger partial charge is 0.0799 e. The summed E-state index contributed by atoms with van der Waals surface area (Å²) in [6, 6.07) is 17.1. The predicted octanol–water partition coefficient (Wildman–Crippen LogP) is 5.04. The first-order valence-electron chi connectivity index (χ1n) is 10.6. The van der Waals surface area contributed by atoms with E-state index in [0.29, 0.717) is 0 Å². The molecule has 1 aliphatic heterocycles. The molecule has 4 rings (SSSR count). The van der Waals surface area contributed by atoms with E-state index >= 15 is 0 Å². The maximum absolute atomic E-state index is 11.3. The van der Waals surface area contributed by atoms with Crippen molar-refractivity contribution in [2.45, 2.75) is 56.7 Å². The fourth-order valence-electron chi connectivity index (χ4n) is 4.97. The fraction of sp³-hybridized carbons (Fsp3) is 0.500. The summed E-state index contributed by atoms with van der Waals surface area (Å²) in [5.74, 6) is 0. The molecule has 2 fully saturated rings. The number of piperazine rings is 1. The van der Waals surface area contributed by atoms with Crippen molar-refractivity contribution in [2.75, 3.05) is 19.6 Å². The van der Waals surface area contributed by atoms with Gasteiger partial charge in [-0.2, -0.15) is 0 Å². The third-order valence-electron chi connectivity index (χ3n) is 6.74. The summed E-state index contributed by atoms with van der Waals surface area (Å²) < 4.78 is 0. The monoisotopic (exact) mass is 398 g/mol.